The molecule has 0 heterocycles. The molecule has 1 aliphatic carbocycles. The Bertz CT molecular complexity index is 904. The maximum Gasteiger partial charge on any atom is 0.243 e. The Kier molecular flexibility index (Phi) is 6.86. The molecule has 0 radical (unpaired) electrons. The molecule has 0 aromatic heterocycles. The van der Waals surface area contributed by atoms with Crippen molar-refractivity contribution in [3.8, 4) is 0 Å². The molecule has 3 N–H and O–H groups in total. The van der Waals surface area contributed by atoms with E-state index in [4.69, 9.17) is 5.73 Å². The van der Waals surface area contributed by atoms with Gasteiger partial charge in [0.25, 0.3) is 0 Å². The van der Waals surface area contributed by atoms with Crippen molar-refractivity contribution in [3.05, 3.63) is 59.7 Å². The summed E-state index contributed by atoms with van der Waals surface area (Å²) in [5, 5.41) is 2.96. The van der Waals surface area contributed by atoms with Gasteiger partial charge in [-0.15, -0.1) is 12.4 Å². The third-order valence-electron chi connectivity index (χ3n) is 4.63. The van der Waals surface area contributed by atoms with Gasteiger partial charge in [-0.25, -0.2) is 8.42 Å². The van der Waals surface area contributed by atoms with Crippen molar-refractivity contribution in [2.24, 2.45) is 0 Å². The summed E-state index contributed by atoms with van der Waals surface area (Å²) >= 11 is 0. The fraction of sp³-hybridized carbons (Fsp3) is 0.316. The second kappa shape index (κ2) is 8.73. The molecule has 0 bridgehead atoms. The normalized spacial score (nSPS) is 16.3. The van der Waals surface area contributed by atoms with Gasteiger partial charge in [-0.05, 0) is 54.7 Å². The molecule has 6 nitrogen and oxygen atoms in total. The van der Waals surface area contributed by atoms with Gasteiger partial charge in [0, 0.05) is 12.7 Å². The fourth-order valence-corrected chi connectivity index (χ4v) is 4.43. The van der Waals surface area contributed by atoms with Crippen molar-refractivity contribution in [1.29, 1.82) is 0 Å². The van der Waals surface area contributed by atoms with Crippen LogP contribution in [0.1, 0.15) is 30.0 Å². The number of nitrogens with zero attached hydrogens (tertiary/aromatic N) is 1. The van der Waals surface area contributed by atoms with Crippen LogP contribution in [0.25, 0.3) is 0 Å². The number of hydrogen-bond donors (Lipinski definition) is 2. The number of halogens is 1. The zero-order valence-electron chi connectivity index (χ0n) is 15.1. The van der Waals surface area contributed by atoms with Crippen LogP contribution in [0.3, 0.4) is 0 Å². The lowest BCUT2D eigenvalue weighted by molar-refractivity contribution is -0.122. The van der Waals surface area contributed by atoms with E-state index >= 15 is 0 Å². The lowest BCUT2D eigenvalue weighted by Crippen LogP contribution is -2.40. The van der Waals surface area contributed by atoms with Gasteiger partial charge < -0.3 is 11.1 Å². The van der Waals surface area contributed by atoms with Gasteiger partial charge >= 0.3 is 0 Å². The van der Waals surface area contributed by atoms with Crippen LogP contribution in [0.4, 0.5) is 5.69 Å². The second-order valence-corrected chi connectivity index (χ2v) is 8.59. The molecule has 27 heavy (non-hydrogen) atoms. The zero-order chi connectivity index (χ0) is 18.7. The maximum absolute atomic E-state index is 12.5. The molecule has 0 aliphatic heterocycles. The molecule has 0 fully saturated rings. The Morgan fingerprint density at radius 3 is 2.63 bits per heavy atom. The summed E-state index contributed by atoms with van der Waals surface area (Å²) < 4.78 is 26.1. The van der Waals surface area contributed by atoms with Gasteiger partial charge in [0.15, 0.2) is 0 Å². The Hall–Kier alpha value is -2.09. The number of hydrogen-bond acceptors (Lipinski definition) is 4. The highest BCUT2D eigenvalue weighted by molar-refractivity contribution is 7.89. The quantitative estimate of drug-likeness (QED) is 0.742. The number of sulfonamides is 1. The summed E-state index contributed by atoms with van der Waals surface area (Å²) in [5.41, 5.74) is 8.76. The van der Waals surface area contributed by atoms with Gasteiger partial charge in [-0.1, -0.05) is 24.3 Å². The minimum absolute atomic E-state index is 0. The van der Waals surface area contributed by atoms with Gasteiger partial charge in [0.05, 0.1) is 17.5 Å². The predicted molar refractivity (Wildman–Crippen MR) is 108 cm³/mol. The first kappa shape index (κ1) is 21.2. The summed E-state index contributed by atoms with van der Waals surface area (Å²) in [6.07, 6.45) is 2.73. The number of carbonyl (C=O) groups is 1. The topological polar surface area (TPSA) is 92.5 Å². The summed E-state index contributed by atoms with van der Waals surface area (Å²) in [5.74, 6) is -0.318. The van der Waals surface area contributed by atoms with Crippen LogP contribution in [0.2, 0.25) is 0 Å². The summed E-state index contributed by atoms with van der Waals surface area (Å²) in [7, 11) is -2.27. The Morgan fingerprint density at radius 2 is 1.93 bits per heavy atom. The van der Waals surface area contributed by atoms with E-state index in [1.807, 2.05) is 18.2 Å². The lowest BCUT2D eigenvalue weighted by Gasteiger charge is -2.27. The number of nitrogens with two attached hydrogens (primary N) is 1. The standard InChI is InChI=1S/C19H23N3O3S.ClH/c1-22(26(24,25)16-7-3-2-4-8-16)13-19(23)21-18-9-5-6-14-12-15(20)10-11-17(14)18;/h2-4,7-8,10-12,18H,5-6,9,13,20H2,1H3,(H,21,23);1H. The lowest BCUT2D eigenvalue weighted by atomic mass is 9.87. The Labute approximate surface area is 166 Å². The van der Waals surface area contributed by atoms with Crippen molar-refractivity contribution < 1.29 is 13.2 Å². The van der Waals surface area contributed by atoms with Crippen LogP contribution in [0, 0.1) is 0 Å². The third-order valence-corrected chi connectivity index (χ3v) is 6.45. The first-order chi connectivity index (χ1) is 12.4. The van der Waals surface area contributed by atoms with Crippen LogP contribution in [-0.4, -0.2) is 32.2 Å². The number of nitrogens with one attached hydrogen (secondary N) is 1. The van der Waals surface area contributed by atoms with E-state index in [0.717, 1.165) is 34.7 Å². The molecule has 0 spiro atoms. The van der Waals surface area contributed by atoms with E-state index in [1.54, 1.807) is 18.2 Å². The van der Waals surface area contributed by atoms with Crippen LogP contribution in [0.5, 0.6) is 0 Å². The summed E-state index contributed by atoms with van der Waals surface area (Å²) in [6, 6.07) is 13.7. The first-order valence-corrected chi connectivity index (χ1v) is 10.0. The highest BCUT2D eigenvalue weighted by atomic mass is 35.5. The first-order valence-electron chi connectivity index (χ1n) is 8.57. The van der Waals surface area contributed by atoms with Gasteiger partial charge in [-0.3, -0.25) is 4.79 Å². The molecule has 0 saturated heterocycles. The van der Waals surface area contributed by atoms with Crippen molar-refractivity contribution in [2.45, 2.75) is 30.2 Å². The SMILES string of the molecule is CN(CC(=O)NC1CCCc2cc(N)ccc21)S(=O)(=O)c1ccccc1.Cl. The highest BCUT2D eigenvalue weighted by Crippen LogP contribution is 2.31. The molecule has 2 aromatic carbocycles. The van der Waals surface area contributed by atoms with Crippen molar-refractivity contribution in [1.82, 2.24) is 9.62 Å². The molecular weight excluding hydrogens is 386 g/mol. The number of carbonyl (C=O) groups excluding carboxylic acids is 1. The monoisotopic (exact) mass is 409 g/mol. The summed E-state index contributed by atoms with van der Waals surface area (Å²) in [6.45, 7) is -0.224. The maximum atomic E-state index is 12.5. The summed E-state index contributed by atoms with van der Waals surface area (Å²) in [4.78, 5) is 12.6. The van der Waals surface area contributed by atoms with E-state index < -0.39 is 10.0 Å². The number of nitrogen functional groups attached to an aromatic ring is 1. The van der Waals surface area contributed by atoms with Crippen molar-refractivity contribution >= 4 is 34.0 Å². The number of likely N-dealkylation sites (N-methyl/N-ethyl adjacent to an activating group) is 1. The van der Waals surface area contributed by atoms with E-state index in [0.29, 0.717) is 5.69 Å². The average molecular weight is 410 g/mol. The number of anilines is 1. The van der Waals surface area contributed by atoms with E-state index in [2.05, 4.69) is 5.32 Å². The molecule has 1 atom stereocenters. The Balaban J connectivity index is 0.00000261. The number of fused-ring (bicyclic) bond motifs is 1. The molecule has 0 saturated carbocycles. The highest BCUT2D eigenvalue weighted by Gasteiger charge is 2.26. The largest absolute Gasteiger partial charge is 0.399 e. The average Bonchev–Trinajstić information content (AvgIpc) is 2.62. The number of aryl methyl sites for hydroxylation is 1. The molecule has 8 heteroatoms. The van der Waals surface area contributed by atoms with Gasteiger partial charge in [-0.2, -0.15) is 4.31 Å². The van der Waals surface area contributed by atoms with Gasteiger partial charge in [0.2, 0.25) is 15.9 Å². The van der Waals surface area contributed by atoms with Crippen LogP contribution >= 0.6 is 12.4 Å². The number of rotatable bonds is 5. The molecule has 1 amide bonds. The Morgan fingerprint density at radius 1 is 1.22 bits per heavy atom. The third kappa shape index (κ3) is 4.80. The zero-order valence-corrected chi connectivity index (χ0v) is 16.7. The number of benzene rings is 2. The minimum atomic E-state index is -3.69. The molecular formula is C19H24ClN3O3S. The van der Waals surface area contributed by atoms with E-state index in [9.17, 15) is 13.2 Å². The van der Waals surface area contributed by atoms with E-state index in [1.165, 1.54) is 19.2 Å². The molecule has 146 valence electrons. The van der Waals surface area contributed by atoms with Crippen LogP contribution in [0.15, 0.2) is 53.4 Å². The molecule has 1 aliphatic rings. The molecule has 2 aromatic rings. The minimum Gasteiger partial charge on any atom is -0.399 e. The smallest absolute Gasteiger partial charge is 0.243 e. The van der Waals surface area contributed by atoms with Gasteiger partial charge in [0.1, 0.15) is 0 Å². The fourth-order valence-electron chi connectivity index (χ4n) is 3.28. The van der Waals surface area contributed by atoms with Crippen LogP contribution < -0.4 is 11.1 Å². The van der Waals surface area contributed by atoms with Crippen LogP contribution in [-0.2, 0) is 21.2 Å². The van der Waals surface area contributed by atoms with Crippen molar-refractivity contribution in [3.63, 3.8) is 0 Å². The number of amides is 1. The van der Waals surface area contributed by atoms with Crippen molar-refractivity contribution in [2.75, 3.05) is 19.3 Å². The molecule has 3 rings (SSSR count). The second-order valence-electron chi connectivity index (χ2n) is 6.54. The molecule has 1 unspecified atom stereocenters. The van der Waals surface area contributed by atoms with E-state index in [-0.39, 0.29) is 35.8 Å². The predicted octanol–water partition coefficient (Wildman–Crippen LogP) is 2.50.